The van der Waals surface area contributed by atoms with Crippen LogP contribution in [0.2, 0.25) is 0 Å². The number of pyridine rings is 1. The van der Waals surface area contributed by atoms with E-state index in [4.69, 9.17) is 5.11 Å². The fourth-order valence-corrected chi connectivity index (χ4v) is 1.36. The minimum Gasteiger partial charge on any atom is -0.481 e. The van der Waals surface area contributed by atoms with E-state index in [-0.39, 0.29) is 12.3 Å². The van der Waals surface area contributed by atoms with Crippen LogP contribution in [0, 0.1) is 5.92 Å². The van der Waals surface area contributed by atoms with Crippen molar-refractivity contribution in [1.82, 2.24) is 4.98 Å². The number of nitrogens with zero attached hydrogens (tertiary/aromatic N) is 1. The molecule has 1 unspecified atom stereocenters. The molecule has 0 amide bonds. The zero-order valence-corrected chi connectivity index (χ0v) is 8.31. The smallest absolute Gasteiger partial charge is 0.303 e. The van der Waals surface area contributed by atoms with Gasteiger partial charge in [0.2, 0.25) is 0 Å². The third-order valence-electron chi connectivity index (χ3n) is 2.17. The van der Waals surface area contributed by atoms with Crippen LogP contribution in [0.4, 0.5) is 0 Å². The lowest BCUT2D eigenvalue weighted by atomic mass is 9.99. The fourth-order valence-electron chi connectivity index (χ4n) is 1.36. The van der Waals surface area contributed by atoms with Gasteiger partial charge in [-0.2, -0.15) is 0 Å². The number of aryl methyl sites for hydroxylation is 1. The molecule has 0 aliphatic rings. The van der Waals surface area contributed by atoms with Crippen LogP contribution >= 0.6 is 0 Å². The average molecular weight is 193 g/mol. The SMILES string of the molecule is CC(CCc1cccnc1)CC(=O)O. The highest BCUT2D eigenvalue weighted by Gasteiger charge is 2.07. The van der Waals surface area contributed by atoms with Crippen LogP contribution in [0.3, 0.4) is 0 Å². The molecule has 0 fully saturated rings. The third kappa shape index (κ3) is 4.03. The summed E-state index contributed by atoms with van der Waals surface area (Å²) in [5, 5.41) is 8.57. The molecule has 3 heteroatoms. The van der Waals surface area contributed by atoms with Crippen molar-refractivity contribution in [3.05, 3.63) is 30.1 Å². The van der Waals surface area contributed by atoms with E-state index in [1.807, 2.05) is 25.3 Å². The summed E-state index contributed by atoms with van der Waals surface area (Å²) in [5.41, 5.74) is 1.17. The molecule has 14 heavy (non-hydrogen) atoms. The van der Waals surface area contributed by atoms with Crippen molar-refractivity contribution in [1.29, 1.82) is 0 Å². The summed E-state index contributed by atoms with van der Waals surface area (Å²) < 4.78 is 0. The van der Waals surface area contributed by atoms with Crippen molar-refractivity contribution in [2.75, 3.05) is 0 Å². The number of carboxylic acid groups (broad SMARTS) is 1. The Kier molecular flexibility index (Phi) is 4.11. The first-order valence-corrected chi connectivity index (χ1v) is 4.79. The Bertz CT molecular complexity index is 285. The lowest BCUT2D eigenvalue weighted by Gasteiger charge is -2.07. The van der Waals surface area contributed by atoms with Crippen molar-refractivity contribution in [2.45, 2.75) is 26.2 Å². The molecule has 0 spiro atoms. The van der Waals surface area contributed by atoms with Crippen LogP contribution in [0.1, 0.15) is 25.3 Å². The Balaban J connectivity index is 2.30. The van der Waals surface area contributed by atoms with Gasteiger partial charge in [0.05, 0.1) is 0 Å². The van der Waals surface area contributed by atoms with Crippen LogP contribution < -0.4 is 0 Å². The van der Waals surface area contributed by atoms with Gasteiger partial charge < -0.3 is 5.11 Å². The van der Waals surface area contributed by atoms with Crippen molar-refractivity contribution < 1.29 is 9.90 Å². The Morgan fingerprint density at radius 1 is 1.64 bits per heavy atom. The summed E-state index contributed by atoms with van der Waals surface area (Å²) in [4.78, 5) is 14.4. The van der Waals surface area contributed by atoms with E-state index < -0.39 is 5.97 Å². The Labute approximate surface area is 83.8 Å². The molecule has 0 aliphatic carbocycles. The van der Waals surface area contributed by atoms with Crippen LogP contribution in [0.5, 0.6) is 0 Å². The molecular formula is C11H15NO2. The van der Waals surface area contributed by atoms with Gasteiger partial charge in [-0.15, -0.1) is 0 Å². The molecule has 0 aliphatic heterocycles. The number of carboxylic acids is 1. The molecule has 0 saturated heterocycles. The normalized spacial score (nSPS) is 12.4. The molecule has 1 rings (SSSR count). The first-order chi connectivity index (χ1) is 6.68. The van der Waals surface area contributed by atoms with E-state index in [1.165, 1.54) is 5.56 Å². The second-order valence-electron chi connectivity index (χ2n) is 3.60. The molecule has 3 nitrogen and oxygen atoms in total. The first kappa shape index (κ1) is 10.7. The standard InChI is InChI=1S/C11H15NO2/c1-9(7-11(13)14)4-5-10-3-2-6-12-8-10/h2-3,6,8-9H,4-5,7H2,1H3,(H,13,14). The molecule has 1 N–H and O–H groups in total. The van der Waals surface area contributed by atoms with Gasteiger partial charge in [0.25, 0.3) is 0 Å². The maximum absolute atomic E-state index is 10.4. The van der Waals surface area contributed by atoms with Gasteiger partial charge in [-0.25, -0.2) is 0 Å². The van der Waals surface area contributed by atoms with Gasteiger partial charge in [0, 0.05) is 18.8 Å². The highest BCUT2D eigenvalue weighted by Crippen LogP contribution is 2.11. The van der Waals surface area contributed by atoms with Gasteiger partial charge in [-0.1, -0.05) is 13.0 Å². The number of rotatable bonds is 5. The summed E-state index contributed by atoms with van der Waals surface area (Å²) in [6.07, 6.45) is 5.62. The summed E-state index contributed by atoms with van der Waals surface area (Å²) >= 11 is 0. The van der Waals surface area contributed by atoms with Crippen LogP contribution in [0.25, 0.3) is 0 Å². The van der Waals surface area contributed by atoms with Gasteiger partial charge in [-0.05, 0) is 30.4 Å². The fraction of sp³-hybridized carbons (Fsp3) is 0.455. The Hall–Kier alpha value is -1.38. The second-order valence-corrected chi connectivity index (χ2v) is 3.60. The quantitative estimate of drug-likeness (QED) is 0.779. The molecule has 0 saturated carbocycles. The summed E-state index contributed by atoms with van der Waals surface area (Å²) in [7, 11) is 0. The van der Waals surface area contributed by atoms with E-state index in [1.54, 1.807) is 6.20 Å². The molecule has 1 atom stereocenters. The number of hydrogen-bond donors (Lipinski definition) is 1. The van der Waals surface area contributed by atoms with E-state index in [0.717, 1.165) is 12.8 Å². The predicted octanol–water partition coefficient (Wildman–Crippen LogP) is 2.12. The minimum atomic E-state index is -0.719. The summed E-state index contributed by atoms with van der Waals surface area (Å²) in [5.74, 6) is -0.489. The minimum absolute atomic E-state index is 0.229. The van der Waals surface area contributed by atoms with Crippen molar-refractivity contribution >= 4 is 5.97 Å². The molecule has 76 valence electrons. The Morgan fingerprint density at radius 3 is 3.00 bits per heavy atom. The molecule has 0 aromatic carbocycles. The van der Waals surface area contributed by atoms with Crippen molar-refractivity contribution in [3.8, 4) is 0 Å². The highest BCUT2D eigenvalue weighted by atomic mass is 16.4. The van der Waals surface area contributed by atoms with Crippen molar-refractivity contribution in [3.63, 3.8) is 0 Å². The Morgan fingerprint density at radius 2 is 2.43 bits per heavy atom. The number of hydrogen-bond acceptors (Lipinski definition) is 2. The molecule has 0 radical (unpaired) electrons. The molecule has 1 aromatic rings. The molecule has 1 heterocycles. The lowest BCUT2D eigenvalue weighted by Crippen LogP contribution is -2.05. The van der Waals surface area contributed by atoms with Crippen LogP contribution in [-0.2, 0) is 11.2 Å². The predicted molar refractivity (Wildman–Crippen MR) is 54.0 cm³/mol. The molecule has 1 aromatic heterocycles. The largest absolute Gasteiger partial charge is 0.481 e. The van der Waals surface area contributed by atoms with E-state index in [2.05, 4.69) is 4.98 Å². The summed E-state index contributed by atoms with van der Waals surface area (Å²) in [6.45, 7) is 1.96. The number of aromatic nitrogens is 1. The average Bonchev–Trinajstić information content (AvgIpc) is 2.15. The second kappa shape index (κ2) is 5.37. The van der Waals surface area contributed by atoms with Gasteiger partial charge >= 0.3 is 5.97 Å². The van der Waals surface area contributed by atoms with E-state index >= 15 is 0 Å². The van der Waals surface area contributed by atoms with E-state index in [9.17, 15) is 4.79 Å². The van der Waals surface area contributed by atoms with Crippen LogP contribution in [0.15, 0.2) is 24.5 Å². The van der Waals surface area contributed by atoms with Crippen LogP contribution in [-0.4, -0.2) is 16.1 Å². The zero-order valence-electron chi connectivity index (χ0n) is 8.31. The van der Waals surface area contributed by atoms with Gasteiger partial charge in [0.15, 0.2) is 0 Å². The first-order valence-electron chi connectivity index (χ1n) is 4.79. The topological polar surface area (TPSA) is 50.2 Å². The molecular weight excluding hydrogens is 178 g/mol. The van der Waals surface area contributed by atoms with Crippen molar-refractivity contribution in [2.24, 2.45) is 5.92 Å². The lowest BCUT2D eigenvalue weighted by molar-refractivity contribution is -0.138. The van der Waals surface area contributed by atoms with E-state index in [0.29, 0.717) is 0 Å². The number of carbonyl (C=O) groups is 1. The number of aliphatic carboxylic acids is 1. The summed E-state index contributed by atoms with van der Waals surface area (Å²) in [6, 6.07) is 3.91. The maximum atomic E-state index is 10.4. The van der Waals surface area contributed by atoms with Gasteiger partial charge in [-0.3, -0.25) is 9.78 Å². The maximum Gasteiger partial charge on any atom is 0.303 e. The zero-order chi connectivity index (χ0) is 10.4. The van der Waals surface area contributed by atoms with Gasteiger partial charge in [0.1, 0.15) is 0 Å². The third-order valence-corrected chi connectivity index (χ3v) is 2.17. The monoisotopic (exact) mass is 193 g/mol. The molecule has 0 bridgehead atoms. The highest BCUT2D eigenvalue weighted by molar-refractivity contribution is 5.66.